The summed E-state index contributed by atoms with van der Waals surface area (Å²) in [6.07, 6.45) is -0.700. The summed E-state index contributed by atoms with van der Waals surface area (Å²) >= 11 is 0. The first-order chi connectivity index (χ1) is 5.10. The van der Waals surface area contributed by atoms with Crippen LogP contribution in [-0.2, 0) is 4.57 Å². The van der Waals surface area contributed by atoms with E-state index in [4.69, 9.17) is 4.89 Å². The molecule has 0 heterocycles. The zero-order valence-corrected chi connectivity index (χ0v) is 9.08. The molecule has 5 heteroatoms. The van der Waals surface area contributed by atoms with Crippen LogP contribution in [0.4, 0.5) is 0 Å². The van der Waals surface area contributed by atoms with E-state index in [9.17, 15) is 9.67 Å². The minimum Gasteiger partial charge on any atom is -0.387 e. The molecule has 0 aromatic rings. The van der Waals surface area contributed by atoms with Crippen LogP contribution < -0.4 is 0 Å². The molecule has 0 aliphatic heterocycles. The molecule has 12 heavy (non-hydrogen) atoms. The molecule has 0 bridgehead atoms. The lowest BCUT2D eigenvalue weighted by Crippen LogP contribution is -2.42. The van der Waals surface area contributed by atoms with E-state index in [0.717, 1.165) is 0 Å². The number of hydrogen-bond donors (Lipinski definition) is 2. The highest BCUT2D eigenvalue weighted by atomic mass is 31.2. The van der Waals surface area contributed by atoms with E-state index in [1.165, 1.54) is 6.66 Å². The predicted molar refractivity (Wildman–Crippen MR) is 49.5 cm³/mol. The van der Waals surface area contributed by atoms with Gasteiger partial charge in [-0.1, -0.05) is 0 Å². The average Bonchev–Trinajstić information content (AvgIpc) is 1.49. The van der Waals surface area contributed by atoms with Crippen LogP contribution in [0.1, 0.15) is 0 Å². The quantitative estimate of drug-likeness (QED) is 0.489. The fraction of sp³-hybridized carbons (Fsp3) is 1.00. The maximum Gasteiger partial charge on any atom is 0.200 e. The molecular formula is C7H19NO3P+. The Morgan fingerprint density at radius 1 is 1.42 bits per heavy atom. The fourth-order valence-corrected chi connectivity index (χ4v) is 1.98. The molecule has 0 aliphatic rings. The molecule has 0 aromatic heterocycles. The van der Waals surface area contributed by atoms with Gasteiger partial charge in [0, 0.05) is 6.66 Å². The molecule has 0 amide bonds. The molecule has 0 spiro atoms. The van der Waals surface area contributed by atoms with Gasteiger partial charge in [-0.05, 0) is 0 Å². The van der Waals surface area contributed by atoms with Crippen molar-refractivity contribution in [3.63, 3.8) is 0 Å². The molecule has 2 atom stereocenters. The highest BCUT2D eigenvalue weighted by Gasteiger charge is 2.22. The molecule has 0 aliphatic carbocycles. The van der Waals surface area contributed by atoms with Crippen molar-refractivity contribution in [1.82, 2.24) is 0 Å². The highest BCUT2D eigenvalue weighted by Crippen LogP contribution is 2.35. The minimum absolute atomic E-state index is 0.0114. The minimum atomic E-state index is -3.07. The van der Waals surface area contributed by atoms with Crippen molar-refractivity contribution in [2.75, 3.05) is 40.5 Å². The van der Waals surface area contributed by atoms with Crippen molar-refractivity contribution in [2.45, 2.75) is 6.10 Å². The first-order valence-corrected chi connectivity index (χ1v) is 6.17. The normalized spacial score (nSPS) is 20.2. The van der Waals surface area contributed by atoms with Crippen LogP contribution in [0.3, 0.4) is 0 Å². The number of aliphatic hydroxyl groups excluding tert-OH is 1. The lowest BCUT2D eigenvalue weighted by molar-refractivity contribution is -0.873. The molecule has 74 valence electrons. The Kier molecular flexibility index (Phi) is 3.91. The maximum atomic E-state index is 10.9. The lowest BCUT2D eigenvalue weighted by Gasteiger charge is -2.26. The number of aliphatic hydroxyl groups is 1. The summed E-state index contributed by atoms with van der Waals surface area (Å²) in [5.74, 6) is 0. The van der Waals surface area contributed by atoms with Crippen molar-refractivity contribution in [1.29, 1.82) is 0 Å². The Labute approximate surface area is 73.9 Å². The summed E-state index contributed by atoms with van der Waals surface area (Å²) in [6.45, 7) is 1.77. The van der Waals surface area contributed by atoms with Gasteiger partial charge >= 0.3 is 0 Å². The molecule has 2 unspecified atom stereocenters. The molecule has 2 N–H and O–H groups in total. The second-order valence-electron chi connectivity index (χ2n) is 4.36. The van der Waals surface area contributed by atoms with Gasteiger partial charge in [-0.3, -0.25) is 4.57 Å². The smallest absolute Gasteiger partial charge is 0.200 e. The standard InChI is InChI=1S/C7H18NO3P/c1-8(2,3)5-7(9)6-12(4,10)11/h7,9H,5-6H2,1-4H3/p+1. The molecule has 0 aromatic carbocycles. The third-order valence-electron chi connectivity index (χ3n) is 1.31. The summed E-state index contributed by atoms with van der Waals surface area (Å²) in [5, 5.41) is 9.37. The van der Waals surface area contributed by atoms with E-state index in [-0.39, 0.29) is 6.16 Å². The number of quaternary nitrogens is 1. The van der Waals surface area contributed by atoms with Gasteiger partial charge in [-0.2, -0.15) is 0 Å². The van der Waals surface area contributed by atoms with Crippen molar-refractivity contribution in [2.24, 2.45) is 0 Å². The van der Waals surface area contributed by atoms with Crippen LogP contribution in [0, 0.1) is 0 Å². The second-order valence-corrected chi connectivity index (χ2v) is 6.83. The Bertz CT molecular complexity index is 182. The molecule has 0 saturated heterocycles. The van der Waals surface area contributed by atoms with Gasteiger partial charge in [-0.25, -0.2) is 0 Å². The van der Waals surface area contributed by atoms with Gasteiger partial charge in [0.2, 0.25) is 0 Å². The summed E-state index contributed by atoms with van der Waals surface area (Å²) in [6, 6.07) is 0. The molecular weight excluding hydrogens is 177 g/mol. The van der Waals surface area contributed by atoms with E-state index in [1.54, 1.807) is 0 Å². The van der Waals surface area contributed by atoms with Crippen LogP contribution in [0.2, 0.25) is 0 Å². The Morgan fingerprint density at radius 3 is 2.08 bits per heavy atom. The van der Waals surface area contributed by atoms with Crippen molar-refractivity contribution in [3.8, 4) is 0 Å². The van der Waals surface area contributed by atoms with Crippen LogP contribution in [0.15, 0.2) is 0 Å². The first kappa shape index (κ1) is 12.1. The third-order valence-corrected chi connectivity index (χ3v) is 2.41. The van der Waals surface area contributed by atoms with Crippen LogP contribution in [0.5, 0.6) is 0 Å². The van der Waals surface area contributed by atoms with Gasteiger partial charge in [0.25, 0.3) is 0 Å². The monoisotopic (exact) mass is 196 g/mol. The van der Waals surface area contributed by atoms with Crippen LogP contribution in [0.25, 0.3) is 0 Å². The maximum absolute atomic E-state index is 10.9. The summed E-state index contributed by atoms with van der Waals surface area (Å²) in [5.41, 5.74) is 0. The molecule has 0 saturated carbocycles. The topological polar surface area (TPSA) is 57.5 Å². The van der Waals surface area contributed by atoms with Crippen molar-refractivity contribution >= 4 is 7.37 Å². The zero-order valence-electron chi connectivity index (χ0n) is 8.19. The van der Waals surface area contributed by atoms with E-state index < -0.39 is 13.5 Å². The Balaban J connectivity index is 3.91. The van der Waals surface area contributed by atoms with E-state index in [1.807, 2.05) is 21.1 Å². The second kappa shape index (κ2) is 3.88. The van der Waals surface area contributed by atoms with Gasteiger partial charge in [0.1, 0.15) is 12.6 Å². The number of rotatable bonds is 4. The molecule has 4 nitrogen and oxygen atoms in total. The fourth-order valence-electron chi connectivity index (χ4n) is 1.08. The zero-order chi connectivity index (χ0) is 9.99. The molecule has 0 rings (SSSR count). The SMILES string of the molecule is C[N+](C)(C)CC(O)CP(C)(=O)O. The number of likely N-dealkylation sites (N-methyl/N-ethyl adjacent to an activating group) is 1. The number of nitrogens with zero attached hydrogens (tertiary/aromatic N) is 1. The average molecular weight is 196 g/mol. The molecule has 0 radical (unpaired) electrons. The Morgan fingerprint density at radius 2 is 1.83 bits per heavy atom. The van der Waals surface area contributed by atoms with Gasteiger partial charge in [0.15, 0.2) is 7.37 Å². The predicted octanol–water partition coefficient (Wildman–Crippen LogP) is -0.0463. The first-order valence-electron chi connectivity index (χ1n) is 3.88. The van der Waals surface area contributed by atoms with Gasteiger partial charge < -0.3 is 14.5 Å². The van der Waals surface area contributed by atoms with E-state index >= 15 is 0 Å². The summed E-state index contributed by atoms with van der Waals surface area (Å²) in [4.78, 5) is 8.97. The van der Waals surface area contributed by atoms with Gasteiger partial charge in [-0.15, -0.1) is 0 Å². The largest absolute Gasteiger partial charge is 0.387 e. The summed E-state index contributed by atoms with van der Waals surface area (Å²) in [7, 11) is 2.73. The van der Waals surface area contributed by atoms with E-state index in [0.29, 0.717) is 11.0 Å². The number of hydrogen-bond acceptors (Lipinski definition) is 2. The van der Waals surface area contributed by atoms with Crippen molar-refractivity contribution in [3.05, 3.63) is 0 Å². The van der Waals surface area contributed by atoms with E-state index in [2.05, 4.69) is 0 Å². The lowest BCUT2D eigenvalue weighted by atomic mass is 10.3. The van der Waals surface area contributed by atoms with Crippen LogP contribution >= 0.6 is 7.37 Å². The van der Waals surface area contributed by atoms with Crippen LogP contribution in [-0.4, -0.2) is 61.1 Å². The van der Waals surface area contributed by atoms with Gasteiger partial charge in [0.05, 0.1) is 27.3 Å². The summed E-state index contributed by atoms with van der Waals surface area (Å²) < 4.78 is 11.5. The third kappa shape index (κ3) is 8.21. The Hall–Kier alpha value is 0.110. The molecule has 0 fully saturated rings. The van der Waals surface area contributed by atoms with Crippen molar-refractivity contribution < 1.29 is 19.0 Å². The highest BCUT2D eigenvalue weighted by molar-refractivity contribution is 7.57.